The molecule has 3 rings (SSSR count). The van der Waals surface area contributed by atoms with Gasteiger partial charge in [0.1, 0.15) is 0 Å². The summed E-state index contributed by atoms with van der Waals surface area (Å²) < 4.78 is 5.25. The summed E-state index contributed by atoms with van der Waals surface area (Å²) in [4.78, 5) is 11.4. The number of carbonyl (C=O) groups excluding carboxylic acids is 1. The highest BCUT2D eigenvalue weighted by Gasteiger charge is 2.54. The summed E-state index contributed by atoms with van der Waals surface area (Å²) in [5, 5.41) is 10.8. The number of rotatable bonds is 0. The Kier molecular flexibility index (Phi) is 2.31. The van der Waals surface area contributed by atoms with Gasteiger partial charge in [-0.1, -0.05) is 18.1 Å². The topological polar surface area (TPSA) is 46.5 Å². The zero-order valence-electron chi connectivity index (χ0n) is 11.2. The molecule has 0 aromatic carbocycles. The Bertz CT molecular complexity index is 488. The lowest BCUT2D eigenvalue weighted by molar-refractivity contribution is -0.202. The van der Waals surface area contributed by atoms with E-state index < -0.39 is 5.79 Å². The normalized spacial score (nSPS) is 43.2. The van der Waals surface area contributed by atoms with Gasteiger partial charge in [0.25, 0.3) is 0 Å². The Morgan fingerprint density at radius 3 is 2.89 bits per heavy atom. The molecule has 1 heterocycles. The van der Waals surface area contributed by atoms with E-state index in [4.69, 9.17) is 4.74 Å². The lowest BCUT2D eigenvalue weighted by atomic mass is 9.66. The molecule has 0 saturated heterocycles. The highest BCUT2D eigenvalue weighted by atomic mass is 16.7. The second kappa shape index (κ2) is 3.47. The van der Waals surface area contributed by atoms with E-state index in [9.17, 15) is 9.90 Å². The van der Waals surface area contributed by atoms with Gasteiger partial charge in [0.15, 0.2) is 0 Å². The quantitative estimate of drug-likeness (QED) is 0.529. The van der Waals surface area contributed by atoms with E-state index in [2.05, 4.69) is 20.8 Å². The highest BCUT2D eigenvalue weighted by Crippen LogP contribution is 2.55. The fourth-order valence-corrected chi connectivity index (χ4v) is 3.87. The van der Waals surface area contributed by atoms with Crippen LogP contribution in [0.2, 0.25) is 0 Å². The van der Waals surface area contributed by atoms with E-state index in [0.717, 1.165) is 31.3 Å². The predicted molar refractivity (Wildman–Crippen MR) is 67.6 cm³/mol. The number of allylic oxidation sites excluding steroid dienone is 2. The predicted octanol–water partition coefficient (Wildman–Crippen LogP) is 2.70. The first-order valence-electron chi connectivity index (χ1n) is 6.68. The van der Waals surface area contributed by atoms with Crippen LogP contribution in [0.5, 0.6) is 0 Å². The summed E-state index contributed by atoms with van der Waals surface area (Å²) >= 11 is 0. The van der Waals surface area contributed by atoms with Crippen LogP contribution < -0.4 is 0 Å². The van der Waals surface area contributed by atoms with Crippen LogP contribution in [0.25, 0.3) is 0 Å². The molecule has 1 N–H and O–H groups in total. The standard InChI is InChI=1S/C15H20O3/c1-9-6-12-8-14(3,10(9)2)5-4-11-7-13(16)18-15(11,12)17/h7,12,17H,4-6,8H2,1-3H3/t12-,14-,15+/m1/s1. The molecule has 1 saturated carbocycles. The third-order valence-corrected chi connectivity index (χ3v) is 5.30. The molecular weight excluding hydrogens is 228 g/mol. The minimum absolute atomic E-state index is 0.00593. The second-order valence-electron chi connectivity index (χ2n) is 6.36. The van der Waals surface area contributed by atoms with Gasteiger partial charge in [-0.05, 0) is 44.9 Å². The molecule has 2 aliphatic carbocycles. The molecule has 3 heteroatoms. The summed E-state index contributed by atoms with van der Waals surface area (Å²) in [6.07, 6.45) is 4.95. The molecule has 3 nitrogen and oxygen atoms in total. The van der Waals surface area contributed by atoms with Crippen molar-refractivity contribution < 1.29 is 14.6 Å². The van der Waals surface area contributed by atoms with Crippen LogP contribution in [0.1, 0.15) is 46.5 Å². The summed E-state index contributed by atoms with van der Waals surface area (Å²) in [5.41, 5.74) is 3.71. The maximum absolute atomic E-state index is 11.4. The van der Waals surface area contributed by atoms with E-state index in [-0.39, 0.29) is 17.3 Å². The molecule has 0 aromatic heterocycles. The van der Waals surface area contributed by atoms with Gasteiger partial charge in [0, 0.05) is 17.6 Å². The van der Waals surface area contributed by atoms with Gasteiger partial charge in [0.05, 0.1) is 0 Å². The minimum Gasteiger partial charge on any atom is -0.426 e. The van der Waals surface area contributed by atoms with Crippen molar-refractivity contribution in [1.82, 2.24) is 0 Å². The lowest BCUT2D eigenvalue weighted by Crippen LogP contribution is -2.42. The monoisotopic (exact) mass is 248 g/mol. The number of hydrogen-bond acceptors (Lipinski definition) is 3. The fraction of sp³-hybridized carbons (Fsp3) is 0.667. The molecule has 0 unspecified atom stereocenters. The van der Waals surface area contributed by atoms with Crippen molar-refractivity contribution in [1.29, 1.82) is 0 Å². The molecule has 3 atom stereocenters. The first-order valence-corrected chi connectivity index (χ1v) is 6.68. The number of carbonyl (C=O) groups is 1. The van der Waals surface area contributed by atoms with E-state index >= 15 is 0 Å². The molecule has 1 fully saturated rings. The third-order valence-electron chi connectivity index (χ3n) is 5.30. The van der Waals surface area contributed by atoms with Crippen LogP contribution >= 0.6 is 0 Å². The van der Waals surface area contributed by atoms with Crippen LogP contribution in [0, 0.1) is 11.3 Å². The molecule has 1 aliphatic heterocycles. The largest absolute Gasteiger partial charge is 0.426 e. The molecule has 2 bridgehead atoms. The number of fused-ring (bicyclic) bond motifs is 4. The molecule has 0 radical (unpaired) electrons. The highest BCUT2D eigenvalue weighted by molar-refractivity contribution is 5.86. The van der Waals surface area contributed by atoms with Gasteiger partial charge in [-0.2, -0.15) is 0 Å². The average molecular weight is 248 g/mol. The zero-order chi connectivity index (χ0) is 13.1. The average Bonchev–Trinajstić information content (AvgIpc) is 2.55. The van der Waals surface area contributed by atoms with Gasteiger partial charge in [-0.3, -0.25) is 0 Å². The van der Waals surface area contributed by atoms with Crippen molar-refractivity contribution in [3.63, 3.8) is 0 Å². The Balaban J connectivity index is 2.08. The second-order valence-corrected chi connectivity index (χ2v) is 6.36. The number of esters is 1. The Morgan fingerprint density at radius 2 is 2.17 bits per heavy atom. The number of ether oxygens (including phenoxy) is 1. The van der Waals surface area contributed by atoms with E-state index in [1.54, 1.807) is 0 Å². The maximum atomic E-state index is 11.4. The van der Waals surface area contributed by atoms with Crippen molar-refractivity contribution >= 4 is 5.97 Å². The number of hydrogen-bond donors (Lipinski definition) is 1. The van der Waals surface area contributed by atoms with Crippen molar-refractivity contribution in [2.24, 2.45) is 11.3 Å². The third kappa shape index (κ3) is 1.43. The van der Waals surface area contributed by atoms with E-state index in [0.29, 0.717) is 0 Å². The van der Waals surface area contributed by atoms with Crippen LogP contribution in [0.15, 0.2) is 22.8 Å². The SMILES string of the molecule is CC1=C(C)[C@]2(C)CCC3=CC(=O)O[C@]3(O)[C@H](C1)C2. The first kappa shape index (κ1) is 12.0. The van der Waals surface area contributed by atoms with Crippen LogP contribution in [0.4, 0.5) is 0 Å². The molecule has 0 aromatic rings. The maximum Gasteiger partial charge on any atom is 0.333 e. The van der Waals surface area contributed by atoms with E-state index in [1.807, 2.05) is 0 Å². The van der Waals surface area contributed by atoms with Gasteiger partial charge in [-0.15, -0.1) is 0 Å². The van der Waals surface area contributed by atoms with Gasteiger partial charge < -0.3 is 9.84 Å². The summed E-state index contributed by atoms with van der Waals surface area (Å²) in [5.74, 6) is -1.72. The number of aliphatic hydroxyl groups is 1. The molecule has 0 spiro atoms. The van der Waals surface area contributed by atoms with Crippen molar-refractivity contribution in [2.75, 3.05) is 0 Å². The summed E-state index contributed by atoms with van der Waals surface area (Å²) in [6.45, 7) is 6.61. The molecule has 3 aliphatic rings. The Hall–Kier alpha value is -1.09. The van der Waals surface area contributed by atoms with Crippen LogP contribution in [-0.2, 0) is 9.53 Å². The van der Waals surface area contributed by atoms with Gasteiger partial charge in [0.2, 0.25) is 5.79 Å². The van der Waals surface area contributed by atoms with Gasteiger partial charge >= 0.3 is 5.97 Å². The molecule has 98 valence electrons. The fourth-order valence-electron chi connectivity index (χ4n) is 3.87. The lowest BCUT2D eigenvalue weighted by Gasteiger charge is -2.41. The summed E-state index contributed by atoms with van der Waals surface area (Å²) in [7, 11) is 0. The molecule has 0 amide bonds. The molecule has 18 heavy (non-hydrogen) atoms. The smallest absolute Gasteiger partial charge is 0.333 e. The van der Waals surface area contributed by atoms with Crippen LogP contribution in [0.3, 0.4) is 0 Å². The minimum atomic E-state index is -1.34. The summed E-state index contributed by atoms with van der Waals surface area (Å²) in [6, 6.07) is 0. The van der Waals surface area contributed by atoms with E-state index in [1.165, 1.54) is 17.2 Å². The molecular formula is C15H20O3. The van der Waals surface area contributed by atoms with Crippen molar-refractivity contribution in [2.45, 2.75) is 52.2 Å². The zero-order valence-corrected chi connectivity index (χ0v) is 11.2. The Labute approximate surface area is 108 Å². The van der Waals surface area contributed by atoms with Crippen molar-refractivity contribution in [3.05, 3.63) is 22.8 Å². The Morgan fingerprint density at radius 1 is 1.44 bits per heavy atom. The van der Waals surface area contributed by atoms with Gasteiger partial charge in [-0.25, -0.2) is 4.79 Å². The van der Waals surface area contributed by atoms with Crippen LogP contribution in [-0.4, -0.2) is 16.9 Å². The van der Waals surface area contributed by atoms with Crippen molar-refractivity contribution in [3.8, 4) is 0 Å². The first-order chi connectivity index (χ1) is 8.35.